The first-order valence-corrected chi connectivity index (χ1v) is 6.76. The Morgan fingerprint density at radius 2 is 2.00 bits per heavy atom. The van der Waals surface area contributed by atoms with E-state index in [0.29, 0.717) is 18.8 Å². The standard InChI is InChI=1S/C15H23NO4/c1-4-14(17)12-5-7-13(8-6-12)20-10-15(18)16-11(2)9-19-3/h5-8,11,14,17H,4,9-10H2,1-3H3,(H,16,18). The normalized spacial score (nSPS) is 13.6. The van der Waals surface area contributed by atoms with Gasteiger partial charge in [-0.2, -0.15) is 0 Å². The average Bonchev–Trinajstić information content (AvgIpc) is 2.45. The van der Waals surface area contributed by atoms with Crippen molar-refractivity contribution in [2.24, 2.45) is 0 Å². The van der Waals surface area contributed by atoms with E-state index in [1.807, 2.05) is 13.8 Å². The zero-order valence-electron chi connectivity index (χ0n) is 12.3. The summed E-state index contributed by atoms with van der Waals surface area (Å²) in [5.74, 6) is 0.416. The monoisotopic (exact) mass is 281 g/mol. The van der Waals surface area contributed by atoms with Crippen LogP contribution in [0.4, 0.5) is 0 Å². The van der Waals surface area contributed by atoms with E-state index in [2.05, 4.69) is 5.32 Å². The van der Waals surface area contributed by atoms with Crippen LogP contribution in [0.3, 0.4) is 0 Å². The first kappa shape index (κ1) is 16.5. The molecule has 2 unspecified atom stereocenters. The number of aliphatic hydroxyl groups excluding tert-OH is 1. The molecule has 0 heterocycles. The van der Waals surface area contributed by atoms with Crippen molar-refractivity contribution in [1.82, 2.24) is 5.32 Å². The summed E-state index contributed by atoms with van der Waals surface area (Å²) in [5.41, 5.74) is 0.845. The Labute approximate surface area is 119 Å². The summed E-state index contributed by atoms with van der Waals surface area (Å²) in [4.78, 5) is 11.6. The van der Waals surface area contributed by atoms with Gasteiger partial charge in [0.15, 0.2) is 6.61 Å². The van der Waals surface area contributed by atoms with Gasteiger partial charge in [0.2, 0.25) is 0 Å². The fourth-order valence-corrected chi connectivity index (χ4v) is 1.78. The van der Waals surface area contributed by atoms with Crippen molar-refractivity contribution in [3.63, 3.8) is 0 Å². The minimum Gasteiger partial charge on any atom is -0.484 e. The molecule has 5 heteroatoms. The largest absolute Gasteiger partial charge is 0.484 e. The molecule has 0 bridgehead atoms. The number of rotatable bonds is 8. The molecule has 1 amide bonds. The Hall–Kier alpha value is -1.59. The number of methoxy groups -OCH3 is 1. The molecule has 112 valence electrons. The number of amides is 1. The van der Waals surface area contributed by atoms with Crippen molar-refractivity contribution in [3.05, 3.63) is 29.8 Å². The summed E-state index contributed by atoms with van der Waals surface area (Å²) in [6.07, 6.45) is 0.210. The van der Waals surface area contributed by atoms with Crippen LogP contribution in [0, 0.1) is 0 Å². The number of benzene rings is 1. The zero-order valence-corrected chi connectivity index (χ0v) is 12.3. The lowest BCUT2D eigenvalue weighted by atomic mass is 10.1. The number of hydrogen-bond acceptors (Lipinski definition) is 4. The molecule has 0 radical (unpaired) electrons. The van der Waals surface area contributed by atoms with Crippen LogP contribution in [0.1, 0.15) is 31.9 Å². The summed E-state index contributed by atoms with van der Waals surface area (Å²) >= 11 is 0. The van der Waals surface area contributed by atoms with Crippen LogP contribution in [0.15, 0.2) is 24.3 Å². The van der Waals surface area contributed by atoms with Crippen LogP contribution in [-0.2, 0) is 9.53 Å². The van der Waals surface area contributed by atoms with Crippen LogP contribution in [-0.4, -0.2) is 37.4 Å². The van der Waals surface area contributed by atoms with Crippen molar-refractivity contribution in [2.45, 2.75) is 32.4 Å². The Bertz CT molecular complexity index is 405. The van der Waals surface area contributed by atoms with E-state index < -0.39 is 6.10 Å². The summed E-state index contributed by atoms with van der Waals surface area (Å²) in [6, 6.07) is 7.06. The first-order valence-electron chi connectivity index (χ1n) is 6.76. The number of nitrogens with one attached hydrogen (secondary N) is 1. The fourth-order valence-electron chi connectivity index (χ4n) is 1.78. The van der Waals surface area contributed by atoms with Gasteiger partial charge >= 0.3 is 0 Å². The highest BCUT2D eigenvalue weighted by molar-refractivity contribution is 5.77. The van der Waals surface area contributed by atoms with Crippen LogP contribution in [0.5, 0.6) is 5.75 Å². The molecule has 0 aromatic heterocycles. The predicted molar refractivity (Wildman–Crippen MR) is 76.7 cm³/mol. The lowest BCUT2D eigenvalue weighted by Gasteiger charge is -2.13. The number of aliphatic hydroxyl groups is 1. The van der Waals surface area contributed by atoms with Gasteiger partial charge in [0, 0.05) is 13.2 Å². The SMILES string of the molecule is CCC(O)c1ccc(OCC(=O)NC(C)COC)cc1. The van der Waals surface area contributed by atoms with Gasteiger partial charge in [-0.15, -0.1) is 0 Å². The molecular formula is C15H23NO4. The van der Waals surface area contributed by atoms with Crippen molar-refractivity contribution in [3.8, 4) is 5.75 Å². The van der Waals surface area contributed by atoms with Crippen molar-refractivity contribution in [1.29, 1.82) is 0 Å². The Balaban J connectivity index is 2.40. The van der Waals surface area contributed by atoms with Gasteiger partial charge in [-0.3, -0.25) is 4.79 Å². The van der Waals surface area contributed by atoms with E-state index in [9.17, 15) is 9.90 Å². The third-order valence-corrected chi connectivity index (χ3v) is 2.85. The topological polar surface area (TPSA) is 67.8 Å². The molecular weight excluding hydrogens is 258 g/mol. The molecule has 20 heavy (non-hydrogen) atoms. The maximum atomic E-state index is 11.6. The van der Waals surface area contributed by atoms with Crippen molar-refractivity contribution >= 4 is 5.91 Å². The van der Waals surface area contributed by atoms with E-state index in [1.54, 1.807) is 31.4 Å². The van der Waals surface area contributed by atoms with Crippen LogP contribution < -0.4 is 10.1 Å². The van der Waals surface area contributed by atoms with Gasteiger partial charge in [-0.25, -0.2) is 0 Å². The molecule has 0 aliphatic rings. The average molecular weight is 281 g/mol. The van der Waals surface area contributed by atoms with E-state index in [1.165, 1.54) is 0 Å². The number of ether oxygens (including phenoxy) is 2. The lowest BCUT2D eigenvalue weighted by molar-refractivity contribution is -0.124. The van der Waals surface area contributed by atoms with Gasteiger partial charge in [0.05, 0.1) is 12.7 Å². The lowest BCUT2D eigenvalue weighted by Crippen LogP contribution is -2.38. The van der Waals surface area contributed by atoms with Gasteiger partial charge in [-0.1, -0.05) is 19.1 Å². The van der Waals surface area contributed by atoms with Crippen molar-refractivity contribution < 1.29 is 19.4 Å². The second-order valence-electron chi connectivity index (χ2n) is 4.71. The van der Waals surface area contributed by atoms with Crippen LogP contribution in [0.2, 0.25) is 0 Å². The molecule has 0 fully saturated rings. The van der Waals surface area contributed by atoms with Crippen molar-refractivity contribution in [2.75, 3.05) is 20.3 Å². The summed E-state index contributed by atoms with van der Waals surface area (Å²) < 4.78 is 10.3. The van der Waals surface area contributed by atoms with E-state index in [0.717, 1.165) is 5.56 Å². The van der Waals surface area contributed by atoms with Gasteiger partial charge in [0.25, 0.3) is 5.91 Å². The summed E-state index contributed by atoms with van der Waals surface area (Å²) in [5, 5.41) is 12.4. The Kier molecular flexibility index (Phi) is 7.04. The Morgan fingerprint density at radius 1 is 1.35 bits per heavy atom. The number of hydrogen-bond donors (Lipinski definition) is 2. The van der Waals surface area contributed by atoms with E-state index in [4.69, 9.17) is 9.47 Å². The molecule has 2 atom stereocenters. The molecule has 0 aliphatic heterocycles. The number of carbonyl (C=O) groups excluding carboxylic acids is 1. The maximum Gasteiger partial charge on any atom is 0.258 e. The molecule has 5 nitrogen and oxygen atoms in total. The highest BCUT2D eigenvalue weighted by Gasteiger charge is 2.08. The second-order valence-corrected chi connectivity index (χ2v) is 4.71. The summed E-state index contributed by atoms with van der Waals surface area (Å²) in [7, 11) is 1.59. The molecule has 0 aliphatic carbocycles. The highest BCUT2D eigenvalue weighted by atomic mass is 16.5. The molecule has 1 aromatic carbocycles. The Morgan fingerprint density at radius 3 is 2.55 bits per heavy atom. The molecule has 0 saturated carbocycles. The highest BCUT2D eigenvalue weighted by Crippen LogP contribution is 2.19. The van der Waals surface area contributed by atoms with Gasteiger partial charge in [-0.05, 0) is 31.0 Å². The van der Waals surface area contributed by atoms with E-state index in [-0.39, 0.29) is 18.6 Å². The van der Waals surface area contributed by atoms with Crippen LogP contribution in [0.25, 0.3) is 0 Å². The molecule has 1 aromatic rings. The molecule has 1 rings (SSSR count). The first-order chi connectivity index (χ1) is 9.56. The fraction of sp³-hybridized carbons (Fsp3) is 0.533. The molecule has 0 spiro atoms. The minimum atomic E-state index is -0.456. The summed E-state index contributed by atoms with van der Waals surface area (Å²) in [6.45, 7) is 4.21. The van der Waals surface area contributed by atoms with Gasteiger partial charge < -0.3 is 19.9 Å². The molecule has 2 N–H and O–H groups in total. The van der Waals surface area contributed by atoms with Crippen LogP contribution >= 0.6 is 0 Å². The maximum absolute atomic E-state index is 11.6. The smallest absolute Gasteiger partial charge is 0.258 e. The third-order valence-electron chi connectivity index (χ3n) is 2.85. The molecule has 0 saturated heterocycles. The zero-order chi connectivity index (χ0) is 15.0. The van der Waals surface area contributed by atoms with E-state index >= 15 is 0 Å². The van der Waals surface area contributed by atoms with Gasteiger partial charge in [0.1, 0.15) is 5.75 Å². The predicted octanol–water partition coefficient (Wildman–Crippen LogP) is 1.66. The second kappa shape index (κ2) is 8.55. The minimum absolute atomic E-state index is 0.0380. The quantitative estimate of drug-likeness (QED) is 0.760. The number of carbonyl (C=O) groups is 1. The third kappa shape index (κ3) is 5.59.